The highest BCUT2D eigenvalue weighted by molar-refractivity contribution is 7.99. The van der Waals surface area contributed by atoms with Gasteiger partial charge in [-0.3, -0.25) is 9.48 Å². The van der Waals surface area contributed by atoms with Crippen LogP contribution in [-0.2, 0) is 7.05 Å². The first-order chi connectivity index (χ1) is 10.6. The molecule has 22 heavy (non-hydrogen) atoms. The minimum absolute atomic E-state index is 0.0492. The number of thioether (sulfide) groups is 1. The zero-order valence-electron chi connectivity index (χ0n) is 13.0. The molecule has 1 saturated heterocycles. The van der Waals surface area contributed by atoms with Gasteiger partial charge in [0.2, 0.25) is 5.82 Å². The molecule has 0 atom stereocenters. The lowest BCUT2D eigenvalue weighted by atomic mass is 10.3. The van der Waals surface area contributed by atoms with Gasteiger partial charge < -0.3 is 10.2 Å². The maximum absolute atomic E-state index is 12.3. The number of carbonyl (C=O) groups excluding carboxylic acids is 1. The number of nitrogens with zero attached hydrogens (tertiary/aromatic N) is 5. The Morgan fingerprint density at radius 1 is 1.32 bits per heavy atom. The van der Waals surface area contributed by atoms with Crippen LogP contribution in [0.5, 0.6) is 0 Å². The Morgan fingerprint density at radius 3 is 2.73 bits per heavy atom. The van der Waals surface area contributed by atoms with Crippen LogP contribution < -0.4 is 10.2 Å². The molecule has 1 aliphatic heterocycles. The summed E-state index contributed by atoms with van der Waals surface area (Å²) in [5.41, 5.74) is 0.692. The number of hydrogen-bond acceptors (Lipinski definition) is 6. The maximum Gasteiger partial charge on any atom is 0.289 e. The van der Waals surface area contributed by atoms with Crippen molar-refractivity contribution in [2.24, 2.45) is 7.05 Å². The van der Waals surface area contributed by atoms with Gasteiger partial charge in [0.05, 0.1) is 11.6 Å². The second-order valence-corrected chi connectivity index (χ2v) is 6.83. The van der Waals surface area contributed by atoms with E-state index in [1.54, 1.807) is 10.9 Å². The molecule has 0 spiro atoms. The van der Waals surface area contributed by atoms with Gasteiger partial charge in [0.1, 0.15) is 5.82 Å². The summed E-state index contributed by atoms with van der Waals surface area (Å²) in [6.45, 7) is 5.69. The number of aryl methyl sites for hydroxylation is 1. The van der Waals surface area contributed by atoms with Gasteiger partial charge in [-0.15, -0.1) is 0 Å². The van der Waals surface area contributed by atoms with Crippen LogP contribution in [0.4, 0.5) is 5.82 Å². The van der Waals surface area contributed by atoms with Crippen LogP contribution in [0.1, 0.15) is 24.5 Å². The molecule has 7 nitrogen and oxygen atoms in total. The highest BCUT2D eigenvalue weighted by Crippen LogP contribution is 2.25. The average molecular weight is 320 g/mol. The molecule has 2 aromatic rings. The minimum Gasteiger partial charge on any atom is -0.354 e. The van der Waals surface area contributed by atoms with E-state index < -0.39 is 0 Å². The smallest absolute Gasteiger partial charge is 0.289 e. The van der Waals surface area contributed by atoms with Crippen molar-refractivity contribution in [3.63, 3.8) is 0 Å². The summed E-state index contributed by atoms with van der Waals surface area (Å²) in [4.78, 5) is 23.4. The predicted octanol–water partition coefficient (Wildman–Crippen LogP) is 1.05. The Labute approximate surface area is 133 Å². The third-order valence-electron chi connectivity index (χ3n) is 3.51. The average Bonchev–Trinajstić information content (AvgIpc) is 2.88. The largest absolute Gasteiger partial charge is 0.354 e. The van der Waals surface area contributed by atoms with E-state index in [-0.39, 0.29) is 17.8 Å². The fraction of sp³-hybridized carbons (Fsp3) is 0.571. The summed E-state index contributed by atoms with van der Waals surface area (Å²) in [5, 5.41) is 8.01. The van der Waals surface area contributed by atoms with E-state index in [0.29, 0.717) is 5.65 Å². The summed E-state index contributed by atoms with van der Waals surface area (Å²) in [5.74, 6) is 2.91. The summed E-state index contributed by atoms with van der Waals surface area (Å²) in [6, 6.07) is 0.0492. The molecule has 0 unspecified atom stereocenters. The number of fused-ring (bicyclic) bond motifs is 1. The van der Waals surface area contributed by atoms with Gasteiger partial charge in [-0.25, -0.2) is 9.97 Å². The molecule has 0 aliphatic carbocycles. The van der Waals surface area contributed by atoms with Gasteiger partial charge in [-0.2, -0.15) is 16.9 Å². The molecule has 2 aromatic heterocycles. The fourth-order valence-electron chi connectivity index (χ4n) is 2.45. The number of hydrogen-bond donors (Lipinski definition) is 1. The molecule has 3 heterocycles. The van der Waals surface area contributed by atoms with Crippen molar-refractivity contribution in [3.05, 3.63) is 12.0 Å². The number of aromatic nitrogens is 4. The van der Waals surface area contributed by atoms with Crippen molar-refractivity contribution in [2.45, 2.75) is 19.9 Å². The number of rotatable bonds is 3. The van der Waals surface area contributed by atoms with Crippen LogP contribution in [0, 0.1) is 0 Å². The monoisotopic (exact) mass is 320 g/mol. The molecule has 118 valence electrons. The molecule has 8 heteroatoms. The second kappa shape index (κ2) is 6.12. The molecule has 3 rings (SSSR count). The summed E-state index contributed by atoms with van der Waals surface area (Å²) >= 11 is 1.94. The van der Waals surface area contributed by atoms with Crippen LogP contribution in [0.2, 0.25) is 0 Å². The van der Waals surface area contributed by atoms with Crippen LogP contribution in [0.3, 0.4) is 0 Å². The minimum atomic E-state index is -0.245. The van der Waals surface area contributed by atoms with Crippen LogP contribution in [0.15, 0.2) is 6.20 Å². The zero-order chi connectivity index (χ0) is 15.7. The van der Waals surface area contributed by atoms with E-state index in [0.717, 1.165) is 35.8 Å². The molecule has 1 aliphatic rings. The first kappa shape index (κ1) is 15.1. The Bertz CT molecular complexity index is 692. The van der Waals surface area contributed by atoms with Crippen molar-refractivity contribution < 1.29 is 4.79 Å². The van der Waals surface area contributed by atoms with Crippen LogP contribution in [-0.4, -0.2) is 56.3 Å². The third kappa shape index (κ3) is 2.87. The highest BCUT2D eigenvalue weighted by Gasteiger charge is 2.21. The molecule has 1 amide bonds. The van der Waals surface area contributed by atoms with E-state index in [1.165, 1.54) is 0 Å². The van der Waals surface area contributed by atoms with Crippen molar-refractivity contribution in [3.8, 4) is 0 Å². The molecule has 0 aromatic carbocycles. The molecule has 0 saturated carbocycles. The quantitative estimate of drug-likeness (QED) is 0.911. The van der Waals surface area contributed by atoms with Crippen molar-refractivity contribution in [2.75, 3.05) is 29.5 Å². The lowest BCUT2D eigenvalue weighted by molar-refractivity contribution is 0.0933. The fourth-order valence-corrected chi connectivity index (χ4v) is 3.35. The number of nitrogens with one attached hydrogen (secondary N) is 1. The standard InChI is InChI=1S/C14H20N6OS/c1-9(2)16-14(21)11-17-12-10(8-15-19(12)3)13(18-11)20-4-6-22-7-5-20/h8-9H,4-7H2,1-3H3,(H,16,21). The van der Waals surface area contributed by atoms with Crippen molar-refractivity contribution in [1.82, 2.24) is 25.1 Å². The Hall–Kier alpha value is -1.83. The van der Waals surface area contributed by atoms with Gasteiger partial charge in [0.15, 0.2) is 5.65 Å². The van der Waals surface area contributed by atoms with Crippen molar-refractivity contribution in [1.29, 1.82) is 0 Å². The summed E-state index contributed by atoms with van der Waals surface area (Å²) < 4.78 is 1.69. The van der Waals surface area contributed by atoms with E-state index >= 15 is 0 Å². The molecule has 0 radical (unpaired) electrons. The number of anilines is 1. The van der Waals surface area contributed by atoms with E-state index in [9.17, 15) is 4.79 Å². The Kier molecular flexibility index (Phi) is 4.19. The Morgan fingerprint density at radius 2 is 2.05 bits per heavy atom. The van der Waals surface area contributed by atoms with E-state index in [2.05, 4.69) is 25.3 Å². The summed E-state index contributed by atoms with van der Waals surface area (Å²) in [7, 11) is 1.83. The Balaban J connectivity index is 2.06. The van der Waals surface area contributed by atoms with Crippen LogP contribution >= 0.6 is 11.8 Å². The van der Waals surface area contributed by atoms with Gasteiger partial charge in [-0.1, -0.05) is 0 Å². The molecule has 1 fully saturated rings. The normalized spacial score (nSPS) is 15.5. The van der Waals surface area contributed by atoms with E-state index in [4.69, 9.17) is 0 Å². The molecular weight excluding hydrogens is 300 g/mol. The summed E-state index contributed by atoms with van der Waals surface area (Å²) in [6.07, 6.45) is 1.77. The third-order valence-corrected chi connectivity index (χ3v) is 4.45. The van der Waals surface area contributed by atoms with Gasteiger partial charge in [0.25, 0.3) is 5.91 Å². The molecular formula is C14H20N6OS. The van der Waals surface area contributed by atoms with Gasteiger partial charge in [-0.05, 0) is 13.8 Å². The van der Waals surface area contributed by atoms with E-state index in [1.807, 2.05) is 32.7 Å². The second-order valence-electron chi connectivity index (χ2n) is 5.60. The zero-order valence-corrected chi connectivity index (χ0v) is 13.9. The lowest BCUT2D eigenvalue weighted by Crippen LogP contribution is -2.35. The highest BCUT2D eigenvalue weighted by atomic mass is 32.2. The number of carbonyl (C=O) groups is 1. The number of amides is 1. The predicted molar refractivity (Wildman–Crippen MR) is 88.4 cm³/mol. The SMILES string of the molecule is CC(C)NC(=O)c1nc(N2CCSCC2)c2cnn(C)c2n1. The van der Waals surface area contributed by atoms with Gasteiger partial charge in [0, 0.05) is 37.7 Å². The first-order valence-corrected chi connectivity index (χ1v) is 8.55. The van der Waals surface area contributed by atoms with Gasteiger partial charge >= 0.3 is 0 Å². The van der Waals surface area contributed by atoms with Crippen LogP contribution in [0.25, 0.3) is 11.0 Å². The molecule has 0 bridgehead atoms. The molecule has 1 N–H and O–H groups in total. The maximum atomic E-state index is 12.3. The lowest BCUT2D eigenvalue weighted by Gasteiger charge is -2.28. The first-order valence-electron chi connectivity index (χ1n) is 7.39. The topological polar surface area (TPSA) is 75.9 Å². The van der Waals surface area contributed by atoms with Crippen molar-refractivity contribution >= 4 is 34.5 Å².